The molecule has 1 aromatic rings. The lowest BCUT2D eigenvalue weighted by atomic mass is 9.97. The maximum atomic E-state index is 10.9. The van der Waals surface area contributed by atoms with E-state index >= 15 is 0 Å². The van der Waals surface area contributed by atoms with Crippen LogP contribution in [0.2, 0.25) is 0 Å². The van der Waals surface area contributed by atoms with Gasteiger partial charge < -0.3 is 9.69 Å². The summed E-state index contributed by atoms with van der Waals surface area (Å²) in [7, 11) is 0. The fraction of sp³-hybridized carbons (Fsp3) is 0.533. The van der Waals surface area contributed by atoms with Gasteiger partial charge in [0.1, 0.15) is 6.29 Å². The standard InChI is InChI=1S/C15H20N2O3/c1-12-14(3-2-4-15(12)17(19)20)7-10-16-8-5-13(11-18)6-9-16/h2-4,11,13H,5-10H2,1H3. The molecule has 1 heterocycles. The Morgan fingerprint density at radius 3 is 2.70 bits per heavy atom. The third-order valence-corrected chi connectivity index (χ3v) is 4.14. The van der Waals surface area contributed by atoms with E-state index in [4.69, 9.17) is 0 Å². The molecule has 108 valence electrons. The van der Waals surface area contributed by atoms with Gasteiger partial charge in [0, 0.05) is 24.1 Å². The number of likely N-dealkylation sites (tertiary alicyclic amines) is 1. The highest BCUT2D eigenvalue weighted by molar-refractivity contribution is 5.53. The Kier molecular flexibility index (Phi) is 4.84. The number of carbonyl (C=O) groups is 1. The second-order valence-electron chi connectivity index (χ2n) is 5.38. The molecular weight excluding hydrogens is 256 g/mol. The van der Waals surface area contributed by atoms with E-state index in [0.29, 0.717) is 0 Å². The number of rotatable bonds is 5. The van der Waals surface area contributed by atoms with Crippen molar-refractivity contribution in [1.82, 2.24) is 4.90 Å². The molecule has 1 aromatic carbocycles. The van der Waals surface area contributed by atoms with Crippen LogP contribution in [0, 0.1) is 23.0 Å². The number of aldehydes is 1. The Labute approximate surface area is 118 Å². The van der Waals surface area contributed by atoms with E-state index in [0.717, 1.165) is 56.3 Å². The van der Waals surface area contributed by atoms with Crippen LogP contribution in [-0.4, -0.2) is 35.7 Å². The molecule has 2 rings (SSSR count). The molecule has 0 saturated carbocycles. The number of nitro benzene ring substituents is 1. The normalized spacial score (nSPS) is 17.1. The average Bonchev–Trinajstić information content (AvgIpc) is 2.46. The molecule has 0 N–H and O–H groups in total. The first-order chi connectivity index (χ1) is 9.61. The topological polar surface area (TPSA) is 63.5 Å². The van der Waals surface area contributed by atoms with Crippen molar-refractivity contribution >= 4 is 12.0 Å². The highest BCUT2D eigenvalue weighted by Gasteiger charge is 2.19. The van der Waals surface area contributed by atoms with Crippen LogP contribution >= 0.6 is 0 Å². The lowest BCUT2D eigenvalue weighted by Crippen LogP contribution is -2.35. The zero-order valence-electron chi connectivity index (χ0n) is 11.7. The second-order valence-corrected chi connectivity index (χ2v) is 5.38. The minimum atomic E-state index is -0.325. The summed E-state index contributed by atoms with van der Waals surface area (Å²) in [6.07, 6.45) is 3.73. The molecule has 20 heavy (non-hydrogen) atoms. The number of nitro groups is 1. The monoisotopic (exact) mass is 276 g/mol. The fourth-order valence-corrected chi connectivity index (χ4v) is 2.73. The predicted octanol–water partition coefficient (Wildman–Crippen LogP) is 2.36. The largest absolute Gasteiger partial charge is 0.303 e. The second kappa shape index (κ2) is 6.61. The Morgan fingerprint density at radius 1 is 1.40 bits per heavy atom. The summed E-state index contributed by atoms with van der Waals surface area (Å²) in [6, 6.07) is 5.26. The van der Waals surface area contributed by atoms with Crippen LogP contribution in [0.25, 0.3) is 0 Å². The first kappa shape index (κ1) is 14.7. The van der Waals surface area contributed by atoms with Crippen LogP contribution in [0.15, 0.2) is 18.2 Å². The summed E-state index contributed by atoms with van der Waals surface area (Å²) >= 11 is 0. The van der Waals surface area contributed by atoms with E-state index < -0.39 is 0 Å². The van der Waals surface area contributed by atoms with Gasteiger partial charge in [0.05, 0.1) is 4.92 Å². The van der Waals surface area contributed by atoms with Crippen molar-refractivity contribution in [3.63, 3.8) is 0 Å². The molecule has 0 atom stereocenters. The Bertz CT molecular complexity index is 494. The van der Waals surface area contributed by atoms with Crippen molar-refractivity contribution in [2.24, 2.45) is 5.92 Å². The molecule has 0 spiro atoms. The number of piperidine rings is 1. The predicted molar refractivity (Wildman–Crippen MR) is 76.8 cm³/mol. The van der Waals surface area contributed by atoms with E-state index in [1.54, 1.807) is 12.1 Å². The highest BCUT2D eigenvalue weighted by atomic mass is 16.6. The van der Waals surface area contributed by atoms with Gasteiger partial charge >= 0.3 is 0 Å². The van der Waals surface area contributed by atoms with E-state index in [1.807, 2.05) is 13.0 Å². The molecule has 5 nitrogen and oxygen atoms in total. The maximum absolute atomic E-state index is 10.9. The van der Waals surface area contributed by atoms with Gasteiger partial charge in [0.2, 0.25) is 0 Å². The smallest absolute Gasteiger partial charge is 0.272 e. The zero-order valence-corrected chi connectivity index (χ0v) is 11.7. The molecule has 0 bridgehead atoms. The van der Waals surface area contributed by atoms with Crippen molar-refractivity contribution < 1.29 is 9.72 Å². The van der Waals surface area contributed by atoms with Crippen molar-refractivity contribution in [2.45, 2.75) is 26.2 Å². The van der Waals surface area contributed by atoms with E-state index in [-0.39, 0.29) is 16.5 Å². The van der Waals surface area contributed by atoms with Gasteiger partial charge in [0.15, 0.2) is 0 Å². The van der Waals surface area contributed by atoms with E-state index in [2.05, 4.69) is 4.90 Å². The Hall–Kier alpha value is -1.75. The lowest BCUT2D eigenvalue weighted by molar-refractivity contribution is -0.385. The molecular formula is C15H20N2O3. The van der Waals surface area contributed by atoms with Crippen molar-refractivity contribution in [3.05, 3.63) is 39.4 Å². The maximum Gasteiger partial charge on any atom is 0.272 e. The quantitative estimate of drug-likeness (QED) is 0.470. The SMILES string of the molecule is Cc1c(CCN2CCC(C=O)CC2)cccc1[N+](=O)[O-]. The molecule has 0 unspecified atom stereocenters. The van der Waals surface area contributed by atoms with Gasteiger partial charge in [-0.2, -0.15) is 0 Å². The van der Waals surface area contributed by atoms with Crippen LogP contribution in [0.4, 0.5) is 5.69 Å². The molecule has 0 aliphatic carbocycles. The molecule has 0 aromatic heterocycles. The Balaban J connectivity index is 1.93. The van der Waals surface area contributed by atoms with Crippen LogP contribution in [-0.2, 0) is 11.2 Å². The number of hydrogen-bond donors (Lipinski definition) is 0. The number of nitrogens with zero attached hydrogens (tertiary/aromatic N) is 2. The van der Waals surface area contributed by atoms with Crippen molar-refractivity contribution in [3.8, 4) is 0 Å². The molecule has 0 amide bonds. The molecule has 1 saturated heterocycles. The van der Waals surface area contributed by atoms with Gasteiger partial charge in [-0.1, -0.05) is 12.1 Å². The molecule has 1 aliphatic heterocycles. The van der Waals surface area contributed by atoms with Gasteiger partial charge in [-0.15, -0.1) is 0 Å². The van der Waals surface area contributed by atoms with E-state index in [1.165, 1.54) is 0 Å². The number of carbonyl (C=O) groups excluding carboxylic acids is 1. The van der Waals surface area contributed by atoms with Crippen LogP contribution in [0.3, 0.4) is 0 Å². The lowest BCUT2D eigenvalue weighted by Gasteiger charge is -2.29. The van der Waals surface area contributed by atoms with Crippen LogP contribution in [0.5, 0.6) is 0 Å². The van der Waals surface area contributed by atoms with Crippen molar-refractivity contribution in [1.29, 1.82) is 0 Å². The minimum Gasteiger partial charge on any atom is -0.303 e. The third kappa shape index (κ3) is 3.42. The molecule has 5 heteroatoms. The third-order valence-electron chi connectivity index (χ3n) is 4.14. The summed E-state index contributed by atoms with van der Waals surface area (Å²) < 4.78 is 0. The van der Waals surface area contributed by atoms with Gasteiger partial charge in [-0.05, 0) is 44.8 Å². The summed E-state index contributed by atoms with van der Waals surface area (Å²) in [5, 5.41) is 10.9. The van der Waals surface area contributed by atoms with Crippen LogP contribution in [0.1, 0.15) is 24.0 Å². The molecule has 0 radical (unpaired) electrons. The van der Waals surface area contributed by atoms with Gasteiger partial charge in [-0.3, -0.25) is 10.1 Å². The number of benzene rings is 1. The van der Waals surface area contributed by atoms with Crippen molar-refractivity contribution in [2.75, 3.05) is 19.6 Å². The van der Waals surface area contributed by atoms with Gasteiger partial charge in [-0.25, -0.2) is 0 Å². The van der Waals surface area contributed by atoms with Crippen LogP contribution < -0.4 is 0 Å². The zero-order chi connectivity index (χ0) is 14.5. The number of hydrogen-bond acceptors (Lipinski definition) is 4. The van der Waals surface area contributed by atoms with E-state index in [9.17, 15) is 14.9 Å². The average molecular weight is 276 g/mol. The molecule has 1 aliphatic rings. The minimum absolute atomic E-state index is 0.196. The Morgan fingerprint density at radius 2 is 2.10 bits per heavy atom. The summed E-state index contributed by atoms with van der Waals surface area (Å²) in [6.45, 7) is 4.59. The molecule has 1 fully saturated rings. The first-order valence-electron chi connectivity index (χ1n) is 7.02. The summed E-state index contributed by atoms with van der Waals surface area (Å²) in [4.78, 5) is 23.6. The summed E-state index contributed by atoms with van der Waals surface area (Å²) in [5.74, 6) is 0.214. The van der Waals surface area contributed by atoms with Gasteiger partial charge in [0.25, 0.3) is 5.69 Å². The summed E-state index contributed by atoms with van der Waals surface area (Å²) in [5.41, 5.74) is 2.00. The first-order valence-corrected chi connectivity index (χ1v) is 7.02. The highest BCUT2D eigenvalue weighted by Crippen LogP contribution is 2.22. The fourth-order valence-electron chi connectivity index (χ4n) is 2.73.